The van der Waals surface area contributed by atoms with E-state index in [-0.39, 0.29) is 22.6 Å². The molecule has 0 radical (unpaired) electrons. The molecule has 0 saturated heterocycles. The van der Waals surface area contributed by atoms with Crippen molar-refractivity contribution in [2.75, 3.05) is 7.05 Å². The van der Waals surface area contributed by atoms with Gasteiger partial charge in [-0.2, -0.15) is 0 Å². The fraction of sp³-hybridized carbons (Fsp3) is 0.571. The van der Waals surface area contributed by atoms with Crippen molar-refractivity contribution in [1.82, 2.24) is 4.90 Å². The largest absolute Gasteiger partial charge is 0.412 e. The van der Waals surface area contributed by atoms with Crippen molar-refractivity contribution in [3.63, 3.8) is 0 Å². The molecule has 2 rings (SSSR count). The SMILES string of the molecule is C[C@H](N)C(=O)C1CC2=C(C=CCC2)[C@H](N)C(=O)N1C.O.O. The van der Waals surface area contributed by atoms with Gasteiger partial charge in [-0.05, 0) is 31.8 Å². The normalized spacial score (nSPS) is 26.3. The molecule has 7 heteroatoms. The molecule has 1 heterocycles. The van der Waals surface area contributed by atoms with Crippen LogP contribution >= 0.6 is 0 Å². The third-order valence-electron chi connectivity index (χ3n) is 3.95. The van der Waals surface area contributed by atoms with Gasteiger partial charge in [0, 0.05) is 7.05 Å². The highest BCUT2D eigenvalue weighted by atomic mass is 16.2. The number of nitrogens with two attached hydrogens (primary N) is 2. The third-order valence-corrected chi connectivity index (χ3v) is 3.95. The molecule has 21 heavy (non-hydrogen) atoms. The third kappa shape index (κ3) is 3.56. The molecule has 0 aromatic heterocycles. The molecular weight excluding hydrogens is 274 g/mol. The summed E-state index contributed by atoms with van der Waals surface area (Å²) in [5.74, 6) is -0.318. The summed E-state index contributed by atoms with van der Waals surface area (Å²) >= 11 is 0. The van der Waals surface area contributed by atoms with Crippen LogP contribution in [0.4, 0.5) is 0 Å². The molecule has 120 valence electrons. The van der Waals surface area contributed by atoms with Crippen molar-refractivity contribution in [2.24, 2.45) is 11.5 Å². The van der Waals surface area contributed by atoms with Crippen LogP contribution in [-0.2, 0) is 9.59 Å². The van der Waals surface area contributed by atoms with E-state index in [0.29, 0.717) is 6.42 Å². The summed E-state index contributed by atoms with van der Waals surface area (Å²) in [6, 6.07) is -1.72. The Morgan fingerprint density at radius 3 is 2.62 bits per heavy atom. The molecule has 1 unspecified atom stereocenters. The molecule has 0 aromatic carbocycles. The van der Waals surface area contributed by atoms with E-state index in [1.165, 1.54) is 4.90 Å². The van der Waals surface area contributed by atoms with Crippen molar-refractivity contribution in [2.45, 2.75) is 44.3 Å². The van der Waals surface area contributed by atoms with E-state index >= 15 is 0 Å². The molecule has 8 N–H and O–H groups in total. The number of hydrogen-bond acceptors (Lipinski definition) is 4. The molecule has 1 aliphatic heterocycles. The second-order valence-electron chi connectivity index (χ2n) is 5.34. The predicted molar refractivity (Wildman–Crippen MR) is 80.4 cm³/mol. The summed E-state index contributed by atoms with van der Waals surface area (Å²) in [6.45, 7) is 1.65. The highest BCUT2D eigenvalue weighted by molar-refractivity contribution is 5.95. The minimum atomic E-state index is -0.664. The summed E-state index contributed by atoms with van der Waals surface area (Å²) < 4.78 is 0. The Hall–Kier alpha value is -1.54. The Morgan fingerprint density at radius 2 is 2.05 bits per heavy atom. The summed E-state index contributed by atoms with van der Waals surface area (Å²) in [7, 11) is 1.63. The summed E-state index contributed by atoms with van der Waals surface area (Å²) in [5.41, 5.74) is 13.7. The standard InChI is InChI=1S/C14H21N3O2.2H2O/c1-8(15)13(18)11-7-9-5-3-4-6-10(9)12(16)14(19)17(11)2;;/h4,6,8,11-12H,3,5,7,15-16H2,1-2H3;2*1H2/t8-,11?,12-;;/m0../s1. The van der Waals surface area contributed by atoms with E-state index in [0.717, 1.165) is 24.0 Å². The second-order valence-corrected chi connectivity index (χ2v) is 5.34. The number of hydrogen-bond donors (Lipinski definition) is 2. The van der Waals surface area contributed by atoms with Crippen molar-refractivity contribution in [3.05, 3.63) is 23.3 Å². The zero-order valence-electron chi connectivity index (χ0n) is 12.4. The zero-order valence-corrected chi connectivity index (χ0v) is 12.4. The van der Waals surface area contributed by atoms with Crippen LogP contribution in [0, 0.1) is 0 Å². The first-order valence-corrected chi connectivity index (χ1v) is 6.63. The number of allylic oxidation sites excluding steroid dienone is 1. The topological polar surface area (TPSA) is 152 Å². The number of carbonyl (C=O) groups is 2. The average molecular weight is 299 g/mol. The second kappa shape index (κ2) is 7.46. The van der Waals surface area contributed by atoms with Crippen molar-refractivity contribution < 1.29 is 20.5 Å². The lowest BCUT2D eigenvalue weighted by atomic mass is 9.89. The van der Waals surface area contributed by atoms with E-state index in [4.69, 9.17) is 11.5 Å². The van der Waals surface area contributed by atoms with Crippen LogP contribution in [0.5, 0.6) is 0 Å². The number of carbonyl (C=O) groups excluding carboxylic acids is 2. The van der Waals surface area contributed by atoms with Gasteiger partial charge in [-0.15, -0.1) is 0 Å². The van der Waals surface area contributed by atoms with Gasteiger partial charge in [-0.3, -0.25) is 9.59 Å². The number of amides is 1. The minimum Gasteiger partial charge on any atom is -0.412 e. The zero-order chi connectivity index (χ0) is 14.2. The van der Waals surface area contributed by atoms with Gasteiger partial charge < -0.3 is 27.3 Å². The average Bonchev–Trinajstić information content (AvgIpc) is 2.49. The molecule has 0 fully saturated rings. The minimum absolute atomic E-state index is 0. The highest BCUT2D eigenvalue weighted by Gasteiger charge is 2.37. The van der Waals surface area contributed by atoms with E-state index in [9.17, 15) is 9.59 Å². The molecule has 7 nitrogen and oxygen atoms in total. The molecule has 1 aliphatic carbocycles. The Labute approximate surface area is 124 Å². The molecule has 3 atom stereocenters. The molecule has 1 amide bonds. The quantitative estimate of drug-likeness (QED) is 0.634. The van der Waals surface area contributed by atoms with Crippen LogP contribution in [0.1, 0.15) is 26.2 Å². The highest BCUT2D eigenvalue weighted by Crippen LogP contribution is 2.30. The fourth-order valence-electron chi connectivity index (χ4n) is 2.74. The molecular formula is C14H25N3O4. The van der Waals surface area contributed by atoms with Gasteiger partial charge in [0.25, 0.3) is 0 Å². The predicted octanol–water partition coefficient (Wildman–Crippen LogP) is -1.54. The summed E-state index contributed by atoms with van der Waals surface area (Å²) in [5, 5.41) is 0. The van der Waals surface area contributed by atoms with Gasteiger partial charge in [0.1, 0.15) is 6.04 Å². The van der Waals surface area contributed by atoms with Crippen LogP contribution in [-0.4, -0.2) is 52.7 Å². The maximum atomic E-state index is 12.3. The Bertz CT molecular complexity index is 471. The first-order valence-electron chi connectivity index (χ1n) is 6.63. The Balaban J connectivity index is 0.00000200. The van der Waals surface area contributed by atoms with Gasteiger partial charge in [0.15, 0.2) is 5.78 Å². The molecule has 0 spiro atoms. The van der Waals surface area contributed by atoms with Crippen LogP contribution < -0.4 is 11.5 Å². The van der Waals surface area contributed by atoms with Gasteiger partial charge >= 0.3 is 0 Å². The lowest BCUT2D eigenvalue weighted by Gasteiger charge is -2.27. The van der Waals surface area contributed by atoms with Gasteiger partial charge in [0.2, 0.25) is 5.91 Å². The lowest BCUT2D eigenvalue weighted by Crippen LogP contribution is -2.51. The van der Waals surface area contributed by atoms with Crippen molar-refractivity contribution in [3.8, 4) is 0 Å². The number of rotatable bonds is 2. The number of ketones is 1. The smallest absolute Gasteiger partial charge is 0.244 e. The van der Waals surface area contributed by atoms with Crippen molar-refractivity contribution >= 4 is 11.7 Å². The monoisotopic (exact) mass is 299 g/mol. The molecule has 0 saturated carbocycles. The van der Waals surface area contributed by atoms with E-state index in [1.807, 2.05) is 12.2 Å². The number of likely N-dealkylation sites (N-methyl/N-ethyl adjacent to an activating group) is 1. The van der Waals surface area contributed by atoms with Crippen LogP contribution in [0.2, 0.25) is 0 Å². The molecule has 2 aliphatic rings. The van der Waals surface area contributed by atoms with Gasteiger partial charge in [-0.1, -0.05) is 17.7 Å². The van der Waals surface area contributed by atoms with Crippen LogP contribution in [0.3, 0.4) is 0 Å². The number of Topliss-reactive ketones (excluding diaryl/α,β-unsaturated/α-hetero) is 1. The van der Waals surface area contributed by atoms with Gasteiger partial charge in [0.05, 0.1) is 12.1 Å². The lowest BCUT2D eigenvalue weighted by molar-refractivity contribution is -0.138. The van der Waals surface area contributed by atoms with E-state index in [1.54, 1.807) is 14.0 Å². The molecule has 0 aromatic rings. The first-order chi connectivity index (χ1) is 8.93. The maximum Gasteiger partial charge on any atom is 0.244 e. The number of nitrogens with zero attached hydrogens (tertiary/aromatic N) is 1. The Kier molecular flexibility index (Phi) is 6.92. The summed E-state index contributed by atoms with van der Waals surface area (Å²) in [6.07, 6.45) is 6.30. The molecule has 0 bridgehead atoms. The van der Waals surface area contributed by atoms with Crippen molar-refractivity contribution in [1.29, 1.82) is 0 Å². The van der Waals surface area contributed by atoms with E-state index in [2.05, 4.69) is 0 Å². The fourth-order valence-corrected chi connectivity index (χ4v) is 2.74. The maximum absolute atomic E-state index is 12.3. The first kappa shape index (κ1) is 19.5. The summed E-state index contributed by atoms with van der Waals surface area (Å²) in [4.78, 5) is 25.9. The van der Waals surface area contributed by atoms with Gasteiger partial charge in [-0.25, -0.2) is 0 Å². The van der Waals surface area contributed by atoms with E-state index < -0.39 is 18.1 Å². The van der Waals surface area contributed by atoms with Crippen LogP contribution in [0.15, 0.2) is 23.3 Å². The van der Waals surface area contributed by atoms with Crippen LogP contribution in [0.25, 0.3) is 0 Å². The Morgan fingerprint density at radius 1 is 1.43 bits per heavy atom.